The van der Waals surface area contributed by atoms with Gasteiger partial charge < -0.3 is 5.11 Å². The molecule has 23 heavy (non-hydrogen) atoms. The van der Waals surface area contributed by atoms with Gasteiger partial charge in [0.1, 0.15) is 12.5 Å². The topological polar surface area (TPSA) is 108 Å². The molecule has 0 atom stereocenters. The van der Waals surface area contributed by atoms with E-state index in [-0.39, 0.29) is 11.3 Å². The highest BCUT2D eigenvalue weighted by Crippen LogP contribution is 2.20. The molecule has 0 aliphatic carbocycles. The normalized spacial score (nSPS) is 13.4. The number of nitrogens with zero attached hydrogens (tertiary/aromatic N) is 3. The maximum absolute atomic E-state index is 11.0. The summed E-state index contributed by atoms with van der Waals surface area (Å²) in [5, 5.41) is 21.4. The fourth-order valence-corrected chi connectivity index (χ4v) is 2.20. The van der Waals surface area contributed by atoms with Crippen LogP contribution in [0.4, 0.5) is 11.4 Å². The van der Waals surface area contributed by atoms with Crippen LogP contribution in [-0.4, -0.2) is 28.5 Å². The summed E-state index contributed by atoms with van der Waals surface area (Å²) in [6.45, 7) is 0.324. The standard InChI is InChI=1S/C15H12N4O4/c20-15(21)11-3-1-2-10(8-11)14-16-9-18(17-14)12-4-6-13(7-5-12)19(22)23/h1-8H,9H2,(H,16,17)(H,20,21). The molecule has 0 bridgehead atoms. The molecule has 0 saturated heterocycles. The number of carboxylic acids is 1. The van der Waals surface area contributed by atoms with Crippen LogP contribution < -0.4 is 10.4 Å². The third-order valence-electron chi connectivity index (χ3n) is 3.37. The summed E-state index contributed by atoms with van der Waals surface area (Å²) in [5.74, 6) is -0.455. The van der Waals surface area contributed by atoms with E-state index in [1.54, 1.807) is 29.3 Å². The summed E-state index contributed by atoms with van der Waals surface area (Å²) in [4.78, 5) is 25.5. The lowest BCUT2D eigenvalue weighted by Gasteiger charge is -2.18. The Morgan fingerprint density at radius 1 is 1.26 bits per heavy atom. The second kappa shape index (κ2) is 5.76. The van der Waals surface area contributed by atoms with Gasteiger partial charge in [-0.05, 0) is 24.3 Å². The maximum Gasteiger partial charge on any atom is 0.335 e. The number of rotatable bonds is 4. The average molecular weight is 312 g/mol. The lowest BCUT2D eigenvalue weighted by molar-refractivity contribution is -0.384. The Morgan fingerprint density at radius 2 is 2.00 bits per heavy atom. The van der Waals surface area contributed by atoms with Crippen LogP contribution in [0.15, 0.2) is 53.5 Å². The van der Waals surface area contributed by atoms with Crippen molar-refractivity contribution in [1.82, 2.24) is 5.43 Å². The maximum atomic E-state index is 11.0. The highest BCUT2D eigenvalue weighted by Gasteiger charge is 2.18. The molecular weight excluding hydrogens is 300 g/mol. The van der Waals surface area contributed by atoms with Gasteiger partial charge in [-0.25, -0.2) is 9.79 Å². The molecule has 116 valence electrons. The van der Waals surface area contributed by atoms with Crippen LogP contribution in [-0.2, 0) is 0 Å². The monoisotopic (exact) mass is 312 g/mol. The van der Waals surface area contributed by atoms with Crippen LogP contribution in [0.25, 0.3) is 0 Å². The van der Waals surface area contributed by atoms with E-state index >= 15 is 0 Å². The number of nitro groups is 1. The van der Waals surface area contributed by atoms with Crippen LogP contribution in [0.3, 0.4) is 0 Å². The number of aliphatic imine (C=N–C) groups is 1. The number of benzene rings is 2. The first-order chi connectivity index (χ1) is 11.0. The fourth-order valence-electron chi connectivity index (χ4n) is 2.20. The predicted molar refractivity (Wildman–Crippen MR) is 83.5 cm³/mol. The number of hydrogen-bond acceptors (Lipinski definition) is 6. The van der Waals surface area contributed by atoms with Gasteiger partial charge in [0.15, 0.2) is 0 Å². The van der Waals surface area contributed by atoms with E-state index in [2.05, 4.69) is 10.4 Å². The Morgan fingerprint density at radius 3 is 2.65 bits per heavy atom. The Hall–Kier alpha value is -3.42. The summed E-state index contributed by atoms with van der Waals surface area (Å²) < 4.78 is 0. The molecule has 0 unspecified atom stereocenters. The lowest BCUT2D eigenvalue weighted by atomic mass is 10.1. The first-order valence-electron chi connectivity index (χ1n) is 6.71. The summed E-state index contributed by atoms with van der Waals surface area (Å²) in [7, 11) is 0. The summed E-state index contributed by atoms with van der Waals surface area (Å²) in [6, 6.07) is 12.5. The van der Waals surface area contributed by atoms with Gasteiger partial charge in [-0.3, -0.25) is 20.5 Å². The molecule has 2 aromatic carbocycles. The Bertz CT molecular complexity index is 801. The van der Waals surface area contributed by atoms with E-state index in [1.807, 2.05) is 0 Å². The van der Waals surface area contributed by atoms with Gasteiger partial charge >= 0.3 is 5.97 Å². The molecule has 2 aromatic rings. The first kappa shape index (κ1) is 14.5. The number of hydrogen-bond donors (Lipinski definition) is 2. The van der Waals surface area contributed by atoms with Crippen molar-refractivity contribution in [3.63, 3.8) is 0 Å². The number of nitro benzene ring substituents is 1. The molecule has 8 nitrogen and oxygen atoms in total. The van der Waals surface area contributed by atoms with E-state index in [9.17, 15) is 14.9 Å². The molecule has 0 radical (unpaired) electrons. The van der Waals surface area contributed by atoms with E-state index in [0.29, 0.717) is 18.1 Å². The number of anilines is 1. The predicted octanol–water partition coefficient (Wildman–Crippen LogP) is 2.02. The quantitative estimate of drug-likeness (QED) is 0.660. The molecule has 0 spiro atoms. The van der Waals surface area contributed by atoms with Gasteiger partial charge in [-0.15, -0.1) is 0 Å². The number of nitrogens with one attached hydrogen (secondary N) is 1. The molecule has 0 fully saturated rings. The number of amidine groups is 1. The number of hydrazine groups is 1. The third-order valence-corrected chi connectivity index (χ3v) is 3.37. The van der Waals surface area contributed by atoms with Crippen LogP contribution in [0.1, 0.15) is 15.9 Å². The third kappa shape index (κ3) is 2.95. The van der Waals surface area contributed by atoms with Crippen molar-refractivity contribution in [2.75, 3.05) is 11.7 Å². The van der Waals surface area contributed by atoms with E-state index in [4.69, 9.17) is 5.11 Å². The SMILES string of the molecule is O=C(O)c1cccc(C2=NCN(c3ccc([N+](=O)[O-])cc3)N2)c1. The molecule has 0 saturated carbocycles. The largest absolute Gasteiger partial charge is 0.478 e. The molecule has 0 aromatic heterocycles. The second-order valence-corrected chi connectivity index (χ2v) is 4.85. The van der Waals surface area contributed by atoms with Crippen molar-refractivity contribution in [3.8, 4) is 0 Å². The van der Waals surface area contributed by atoms with Gasteiger partial charge in [0, 0.05) is 17.7 Å². The lowest BCUT2D eigenvalue weighted by Crippen LogP contribution is -2.36. The summed E-state index contributed by atoms with van der Waals surface area (Å²) in [5.41, 5.74) is 4.64. The highest BCUT2D eigenvalue weighted by atomic mass is 16.6. The Labute approximate surface area is 130 Å². The minimum atomic E-state index is -1.00. The highest BCUT2D eigenvalue weighted by molar-refractivity contribution is 6.02. The Kier molecular flexibility index (Phi) is 3.63. The van der Waals surface area contributed by atoms with Gasteiger partial charge in [-0.1, -0.05) is 12.1 Å². The summed E-state index contributed by atoms with van der Waals surface area (Å²) in [6.07, 6.45) is 0. The first-order valence-corrected chi connectivity index (χ1v) is 6.71. The minimum Gasteiger partial charge on any atom is -0.478 e. The van der Waals surface area contributed by atoms with E-state index in [0.717, 1.165) is 5.69 Å². The van der Waals surface area contributed by atoms with Gasteiger partial charge in [0.2, 0.25) is 0 Å². The molecule has 0 amide bonds. The van der Waals surface area contributed by atoms with Crippen LogP contribution >= 0.6 is 0 Å². The molecular formula is C15H12N4O4. The number of carbonyl (C=O) groups is 1. The van der Waals surface area contributed by atoms with Crippen molar-refractivity contribution in [2.24, 2.45) is 4.99 Å². The number of carboxylic acid groups (broad SMARTS) is 1. The van der Waals surface area contributed by atoms with Crippen molar-refractivity contribution >= 4 is 23.2 Å². The molecule has 2 N–H and O–H groups in total. The van der Waals surface area contributed by atoms with Crippen molar-refractivity contribution in [1.29, 1.82) is 0 Å². The summed E-state index contributed by atoms with van der Waals surface area (Å²) >= 11 is 0. The zero-order valence-corrected chi connectivity index (χ0v) is 11.8. The van der Waals surface area contributed by atoms with Crippen molar-refractivity contribution in [2.45, 2.75) is 0 Å². The Balaban J connectivity index is 1.76. The zero-order valence-electron chi connectivity index (χ0n) is 11.8. The van der Waals surface area contributed by atoms with Gasteiger partial charge in [-0.2, -0.15) is 0 Å². The van der Waals surface area contributed by atoms with Crippen LogP contribution in [0.2, 0.25) is 0 Å². The fraction of sp³-hybridized carbons (Fsp3) is 0.0667. The molecule has 1 aliphatic rings. The molecule has 1 heterocycles. The average Bonchev–Trinajstić information content (AvgIpc) is 3.05. The van der Waals surface area contributed by atoms with Crippen LogP contribution in [0, 0.1) is 10.1 Å². The second-order valence-electron chi connectivity index (χ2n) is 4.85. The van der Waals surface area contributed by atoms with E-state index < -0.39 is 10.9 Å². The number of non-ortho nitro benzene ring substituents is 1. The molecule has 8 heteroatoms. The number of aromatic carboxylic acids is 1. The van der Waals surface area contributed by atoms with E-state index in [1.165, 1.54) is 24.3 Å². The van der Waals surface area contributed by atoms with Gasteiger partial charge in [0.25, 0.3) is 5.69 Å². The zero-order chi connectivity index (χ0) is 16.4. The van der Waals surface area contributed by atoms with Crippen LogP contribution in [0.5, 0.6) is 0 Å². The van der Waals surface area contributed by atoms with Crippen molar-refractivity contribution in [3.05, 3.63) is 69.8 Å². The van der Waals surface area contributed by atoms with Gasteiger partial charge in [0.05, 0.1) is 16.2 Å². The molecule has 1 aliphatic heterocycles. The van der Waals surface area contributed by atoms with Crippen molar-refractivity contribution < 1.29 is 14.8 Å². The smallest absolute Gasteiger partial charge is 0.335 e. The molecule has 3 rings (SSSR count). The minimum absolute atomic E-state index is 0.0169.